The Labute approximate surface area is 68.7 Å². The minimum absolute atomic E-state index is 0.411. The predicted octanol–water partition coefficient (Wildman–Crippen LogP) is -0.640. The molecule has 0 saturated carbocycles. The smallest absolute Gasteiger partial charge is 0.390 e. The summed E-state index contributed by atoms with van der Waals surface area (Å²) in [5.74, 6) is -0.875. The van der Waals surface area contributed by atoms with Crippen molar-refractivity contribution >= 4 is 16.7 Å². The van der Waals surface area contributed by atoms with Crippen molar-refractivity contribution in [3.63, 3.8) is 0 Å². The molecule has 8 heteroatoms. The van der Waals surface area contributed by atoms with Gasteiger partial charge in [-0.1, -0.05) is 4.98 Å². The standard InChI is InChI=1S/C4H5N3O4S/c8-7(9)4-5-1-2-6(4)3-12(10)11/h1-2,12H,3H2. The van der Waals surface area contributed by atoms with Crippen molar-refractivity contribution in [2.45, 2.75) is 5.88 Å². The maximum atomic E-state index is 10.2. The van der Waals surface area contributed by atoms with Gasteiger partial charge >= 0.3 is 5.95 Å². The van der Waals surface area contributed by atoms with Crippen LogP contribution < -0.4 is 0 Å². The number of rotatable bonds is 3. The molecule has 0 atom stereocenters. The zero-order chi connectivity index (χ0) is 9.14. The van der Waals surface area contributed by atoms with Gasteiger partial charge in [-0.2, -0.15) is 0 Å². The molecule has 0 saturated heterocycles. The zero-order valence-electron chi connectivity index (χ0n) is 5.78. The van der Waals surface area contributed by atoms with E-state index >= 15 is 0 Å². The SMILES string of the molecule is O=[N+]([O-])c1nccn1C[SH](=O)=O. The number of imidazole rings is 1. The van der Waals surface area contributed by atoms with Gasteiger partial charge in [0, 0.05) is 0 Å². The van der Waals surface area contributed by atoms with Crippen molar-refractivity contribution in [3.05, 3.63) is 22.5 Å². The Morgan fingerprint density at radius 2 is 2.33 bits per heavy atom. The highest BCUT2D eigenvalue weighted by Crippen LogP contribution is 2.06. The minimum Gasteiger partial charge on any atom is -0.390 e. The average Bonchev–Trinajstić information content (AvgIpc) is 2.33. The highest BCUT2D eigenvalue weighted by atomic mass is 32.2. The molecule has 1 aromatic heterocycles. The molecule has 0 aliphatic rings. The van der Waals surface area contributed by atoms with E-state index in [1.807, 2.05) is 0 Å². The second-order valence-corrected chi connectivity index (χ2v) is 2.88. The van der Waals surface area contributed by atoms with Crippen molar-refractivity contribution in [2.24, 2.45) is 0 Å². The third kappa shape index (κ3) is 1.78. The number of nitro groups is 1. The summed E-state index contributed by atoms with van der Waals surface area (Å²) in [5, 5.41) is 10.2. The van der Waals surface area contributed by atoms with Crippen LogP contribution in [0.25, 0.3) is 0 Å². The van der Waals surface area contributed by atoms with Crippen LogP contribution in [-0.2, 0) is 16.6 Å². The Balaban J connectivity index is 2.99. The van der Waals surface area contributed by atoms with Gasteiger partial charge in [0.05, 0.1) is 0 Å². The molecule has 0 fully saturated rings. The van der Waals surface area contributed by atoms with Crippen LogP contribution in [0.5, 0.6) is 0 Å². The Hall–Kier alpha value is -1.44. The first kappa shape index (κ1) is 8.65. The van der Waals surface area contributed by atoms with Crippen LogP contribution in [0.3, 0.4) is 0 Å². The van der Waals surface area contributed by atoms with E-state index in [-0.39, 0.29) is 0 Å². The lowest BCUT2D eigenvalue weighted by Gasteiger charge is -1.94. The maximum Gasteiger partial charge on any atom is 0.435 e. The first-order valence-corrected chi connectivity index (χ1v) is 4.25. The highest BCUT2D eigenvalue weighted by Gasteiger charge is 2.13. The van der Waals surface area contributed by atoms with Crippen LogP contribution in [0.4, 0.5) is 5.95 Å². The van der Waals surface area contributed by atoms with Crippen molar-refractivity contribution in [3.8, 4) is 0 Å². The number of thiol groups is 1. The quantitative estimate of drug-likeness (QED) is 0.389. The van der Waals surface area contributed by atoms with E-state index in [9.17, 15) is 18.5 Å². The fourth-order valence-electron chi connectivity index (χ4n) is 0.708. The Morgan fingerprint density at radius 1 is 1.67 bits per heavy atom. The molecule has 0 radical (unpaired) electrons. The minimum atomic E-state index is -2.67. The zero-order valence-corrected chi connectivity index (χ0v) is 6.68. The summed E-state index contributed by atoms with van der Waals surface area (Å²) in [6.45, 7) is 0. The molecule has 0 unspecified atom stereocenters. The fraction of sp³-hybridized carbons (Fsp3) is 0.250. The molecule has 0 amide bonds. The average molecular weight is 191 g/mol. The predicted molar refractivity (Wildman–Crippen MR) is 39.2 cm³/mol. The third-order valence-electron chi connectivity index (χ3n) is 1.12. The molecule has 0 aliphatic heterocycles. The molecule has 0 aromatic carbocycles. The molecule has 0 bridgehead atoms. The van der Waals surface area contributed by atoms with E-state index in [4.69, 9.17) is 0 Å². The Bertz CT molecular complexity index is 360. The topological polar surface area (TPSA) is 95.1 Å². The molecule has 7 nitrogen and oxygen atoms in total. The van der Waals surface area contributed by atoms with Gasteiger partial charge in [-0.05, 0) is 4.92 Å². The van der Waals surface area contributed by atoms with Crippen LogP contribution in [-0.4, -0.2) is 22.9 Å². The molecule has 1 rings (SSSR count). The number of hydrogen-bond donors (Lipinski definition) is 1. The van der Waals surface area contributed by atoms with Crippen LogP contribution in [0, 0.1) is 10.1 Å². The summed E-state index contributed by atoms with van der Waals surface area (Å²) in [6.07, 6.45) is 2.42. The third-order valence-corrected chi connectivity index (χ3v) is 1.66. The van der Waals surface area contributed by atoms with Crippen molar-refractivity contribution < 1.29 is 13.3 Å². The van der Waals surface area contributed by atoms with Gasteiger partial charge in [-0.15, -0.1) is 0 Å². The summed E-state index contributed by atoms with van der Waals surface area (Å²) in [7, 11) is -2.67. The van der Waals surface area contributed by atoms with Gasteiger partial charge in [0.2, 0.25) is 0 Å². The molecule has 0 spiro atoms. The van der Waals surface area contributed by atoms with Crippen LogP contribution in [0.2, 0.25) is 0 Å². The lowest BCUT2D eigenvalue weighted by Crippen LogP contribution is -2.03. The van der Waals surface area contributed by atoms with Gasteiger partial charge in [0.25, 0.3) is 0 Å². The molecule has 12 heavy (non-hydrogen) atoms. The normalized spacial score (nSPS) is 10.4. The first-order chi connectivity index (χ1) is 5.61. The summed E-state index contributed by atoms with van der Waals surface area (Å²) in [5.41, 5.74) is 0. The fourth-order valence-corrected chi connectivity index (χ4v) is 1.18. The monoisotopic (exact) mass is 191 g/mol. The van der Waals surface area contributed by atoms with E-state index in [0.717, 1.165) is 4.57 Å². The molecule has 66 valence electrons. The van der Waals surface area contributed by atoms with Gasteiger partial charge in [0.1, 0.15) is 12.4 Å². The second kappa shape index (κ2) is 3.30. The number of nitrogens with zero attached hydrogens (tertiary/aromatic N) is 3. The first-order valence-electron chi connectivity index (χ1n) is 2.88. The van der Waals surface area contributed by atoms with E-state index in [1.54, 1.807) is 0 Å². The molecule has 1 aromatic rings. The maximum absolute atomic E-state index is 10.2. The van der Waals surface area contributed by atoms with Crippen LogP contribution in [0.1, 0.15) is 0 Å². The Kier molecular flexibility index (Phi) is 2.38. The van der Waals surface area contributed by atoms with Crippen molar-refractivity contribution in [1.82, 2.24) is 9.55 Å². The lowest BCUT2D eigenvalue weighted by atomic mass is 10.9. The second-order valence-electron chi connectivity index (χ2n) is 1.93. The highest BCUT2D eigenvalue weighted by molar-refractivity contribution is 7.71. The summed E-state index contributed by atoms with van der Waals surface area (Å²) in [4.78, 5) is 12.8. The summed E-state index contributed by atoms with van der Waals surface area (Å²) in [6, 6.07) is 0. The summed E-state index contributed by atoms with van der Waals surface area (Å²) >= 11 is 0. The van der Waals surface area contributed by atoms with Gasteiger partial charge in [-0.3, -0.25) is 0 Å². The molecule has 0 aliphatic carbocycles. The molecule has 0 N–H and O–H groups in total. The van der Waals surface area contributed by atoms with Crippen LogP contribution >= 0.6 is 0 Å². The molecular formula is C4H5N3O4S. The number of hydrogen-bond acceptors (Lipinski definition) is 5. The van der Waals surface area contributed by atoms with Gasteiger partial charge < -0.3 is 10.1 Å². The van der Waals surface area contributed by atoms with E-state index < -0.39 is 27.5 Å². The largest absolute Gasteiger partial charge is 0.435 e. The van der Waals surface area contributed by atoms with Crippen LogP contribution in [0.15, 0.2) is 12.4 Å². The Morgan fingerprint density at radius 3 is 2.83 bits per heavy atom. The van der Waals surface area contributed by atoms with Crippen molar-refractivity contribution in [1.29, 1.82) is 0 Å². The van der Waals surface area contributed by atoms with Gasteiger partial charge in [0.15, 0.2) is 16.6 Å². The van der Waals surface area contributed by atoms with E-state index in [1.165, 1.54) is 12.4 Å². The summed E-state index contributed by atoms with van der Waals surface area (Å²) < 4.78 is 21.4. The van der Waals surface area contributed by atoms with Crippen molar-refractivity contribution in [2.75, 3.05) is 0 Å². The van der Waals surface area contributed by atoms with Gasteiger partial charge in [-0.25, -0.2) is 13.0 Å². The van der Waals surface area contributed by atoms with E-state index in [0.29, 0.717) is 0 Å². The number of aromatic nitrogens is 2. The van der Waals surface area contributed by atoms with E-state index in [2.05, 4.69) is 4.98 Å². The molecular weight excluding hydrogens is 186 g/mol. The molecule has 1 heterocycles. The lowest BCUT2D eigenvalue weighted by molar-refractivity contribution is -0.396.